The van der Waals surface area contributed by atoms with E-state index in [1.165, 1.54) is 42.3 Å². The van der Waals surface area contributed by atoms with Gasteiger partial charge in [0.2, 0.25) is 0 Å². The molecule has 2 fully saturated rings. The van der Waals surface area contributed by atoms with Gasteiger partial charge in [0.1, 0.15) is 0 Å². The zero-order chi connectivity index (χ0) is 10.3. The van der Waals surface area contributed by atoms with Crippen LogP contribution in [0, 0.1) is 0 Å². The Morgan fingerprint density at radius 1 is 1.20 bits per heavy atom. The third-order valence-corrected chi connectivity index (χ3v) is 4.04. The Morgan fingerprint density at radius 2 is 2.07 bits per heavy atom. The van der Waals surface area contributed by atoms with Gasteiger partial charge in [-0.3, -0.25) is 4.90 Å². The zero-order valence-electron chi connectivity index (χ0n) is 8.82. The average molecular weight is 266 g/mol. The van der Waals surface area contributed by atoms with Crippen molar-refractivity contribution in [1.29, 1.82) is 0 Å². The molecule has 0 N–H and O–H groups in total. The molecule has 3 rings (SSSR count). The monoisotopic (exact) mass is 265 g/mol. The summed E-state index contributed by atoms with van der Waals surface area (Å²) in [5.41, 5.74) is 1.49. The molecule has 0 radical (unpaired) electrons. The summed E-state index contributed by atoms with van der Waals surface area (Å²) >= 11 is 3.56. The van der Waals surface area contributed by atoms with Crippen molar-refractivity contribution in [2.75, 3.05) is 6.54 Å². The second-order valence-corrected chi connectivity index (χ2v) is 5.60. The number of nitrogens with zero attached hydrogens (tertiary/aromatic N) is 1. The van der Waals surface area contributed by atoms with E-state index in [4.69, 9.17) is 0 Å². The molecule has 0 amide bonds. The van der Waals surface area contributed by atoms with Gasteiger partial charge < -0.3 is 0 Å². The molecule has 0 bridgehead atoms. The van der Waals surface area contributed by atoms with Crippen LogP contribution in [0.3, 0.4) is 0 Å². The Bertz CT molecular complexity index is 359. The van der Waals surface area contributed by atoms with Gasteiger partial charge in [-0.2, -0.15) is 0 Å². The molecule has 80 valence electrons. The van der Waals surface area contributed by atoms with Gasteiger partial charge in [-0.1, -0.05) is 28.1 Å². The lowest BCUT2D eigenvalue weighted by Gasteiger charge is -2.24. The zero-order valence-corrected chi connectivity index (χ0v) is 10.4. The van der Waals surface area contributed by atoms with E-state index >= 15 is 0 Å². The summed E-state index contributed by atoms with van der Waals surface area (Å²) in [4.78, 5) is 2.71. The Labute approximate surface area is 99.6 Å². The largest absolute Gasteiger partial charge is 0.293 e. The smallest absolute Gasteiger partial charge is 0.0351 e. The Hall–Kier alpha value is -0.340. The van der Waals surface area contributed by atoms with E-state index in [0.717, 1.165) is 6.04 Å². The summed E-state index contributed by atoms with van der Waals surface area (Å²) in [5.74, 6) is 0. The highest BCUT2D eigenvalue weighted by atomic mass is 79.9. The van der Waals surface area contributed by atoms with Gasteiger partial charge >= 0.3 is 0 Å². The van der Waals surface area contributed by atoms with Crippen molar-refractivity contribution in [1.82, 2.24) is 4.90 Å². The Kier molecular flexibility index (Phi) is 2.57. The van der Waals surface area contributed by atoms with Gasteiger partial charge in [0.25, 0.3) is 0 Å². The molecule has 1 saturated carbocycles. The third-order valence-electron chi connectivity index (χ3n) is 3.54. The van der Waals surface area contributed by atoms with Crippen LogP contribution >= 0.6 is 15.9 Å². The average Bonchev–Trinajstić information content (AvgIpc) is 2.96. The van der Waals surface area contributed by atoms with Crippen molar-refractivity contribution < 1.29 is 0 Å². The molecule has 1 heterocycles. The van der Waals surface area contributed by atoms with Crippen LogP contribution in [-0.2, 0) is 0 Å². The third kappa shape index (κ3) is 1.98. The number of likely N-dealkylation sites (tertiary alicyclic amines) is 1. The van der Waals surface area contributed by atoms with Crippen molar-refractivity contribution in [2.24, 2.45) is 0 Å². The molecular formula is C13H16BrN. The lowest BCUT2D eigenvalue weighted by atomic mass is 10.0. The van der Waals surface area contributed by atoms with E-state index in [0.29, 0.717) is 6.04 Å². The van der Waals surface area contributed by atoms with Crippen LogP contribution in [0.15, 0.2) is 28.7 Å². The predicted molar refractivity (Wildman–Crippen MR) is 65.8 cm³/mol. The molecule has 1 aromatic rings. The van der Waals surface area contributed by atoms with Gasteiger partial charge in [0.05, 0.1) is 0 Å². The standard InChI is InChI=1S/C13H16BrN/c14-11-4-1-3-10(9-11)13-5-2-8-15(13)12-6-7-12/h1,3-4,9,12-13H,2,5-8H2. The highest BCUT2D eigenvalue weighted by Gasteiger charge is 2.37. The van der Waals surface area contributed by atoms with Crippen molar-refractivity contribution in [3.05, 3.63) is 34.3 Å². The van der Waals surface area contributed by atoms with E-state index in [-0.39, 0.29) is 0 Å². The second kappa shape index (κ2) is 3.91. The number of halogens is 1. The summed E-state index contributed by atoms with van der Waals surface area (Å²) < 4.78 is 1.21. The fourth-order valence-electron chi connectivity index (χ4n) is 2.70. The topological polar surface area (TPSA) is 3.24 Å². The molecule has 0 aromatic heterocycles. The number of rotatable bonds is 2. The highest BCUT2D eigenvalue weighted by Crippen LogP contribution is 2.41. The molecule has 1 aromatic carbocycles. The maximum absolute atomic E-state index is 3.56. The fourth-order valence-corrected chi connectivity index (χ4v) is 3.12. The van der Waals surface area contributed by atoms with E-state index in [1.807, 2.05) is 0 Å². The maximum Gasteiger partial charge on any atom is 0.0351 e. The molecule has 2 heteroatoms. The highest BCUT2D eigenvalue weighted by molar-refractivity contribution is 9.10. The van der Waals surface area contributed by atoms with Crippen LogP contribution < -0.4 is 0 Å². The fraction of sp³-hybridized carbons (Fsp3) is 0.538. The summed E-state index contributed by atoms with van der Waals surface area (Å²) in [6.07, 6.45) is 5.55. The first kappa shape index (κ1) is 9.86. The van der Waals surface area contributed by atoms with Crippen LogP contribution in [0.4, 0.5) is 0 Å². The molecule has 0 spiro atoms. The number of benzene rings is 1. The molecule has 1 aliphatic carbocycles. The molecule has 1 saturated heterocycles. The van der Waals surface area contributed by atoms with Crippen LogP contribution in [0.25, 0.3) is 0 Å². The summed E-state index contributed by atoms with van der Waals surface area (Å²) in [7, 11) is 0. The van der Waals surface area contributed by atoms with Crippen LogP contribution in [0.1, 0.15) is 37.3 Å². The van der Waals surface area contributed by atoms with Crippen molar-refractivity contribution in [2.45, 2.75) is 37.8 Å². The first-order valence-electron chi connectivity index (χ1n) is 5.86. The van der Waals surface area contributed by atoms with E-state index in [2.05, 4.69) is 45.1 Å². The lowest BCUT2D eigenvalue weighted by molar-refractivity contribution is 0.246. The number of hydrogen-bond acceptors (Lipinski definition) is 1. The van der Waals surface area contributed by atoms with Crippen LogP contribution in [0.5, 0.6) is 0 Å². The summed E-state index contributed by atoms with van der Waals surface area (Å²) in [5, 5.41) is 0. The van der Waals surface area contributed by atoms with Gasteiger partial charge in [0, 0.05) is 16.6 Å². The molecular weight excluding hydrogens is 250 g/mol. The summed E-state index contributed by atoms with van der Waals surface area (Å²) in [6, 6.07) is 10.4. The van der Waals surface area contributed by atoms with Crippen LogP contribution in [-0.4, -0.2) is 17.5 Å². The van der Waals surface area contributed by atoms with Gasteiger partial charge in [0.15, 0.2) is 0 Å². The van der Waals surface area contributed by atoms with Crippen molar-refractivity contribution >= 4 is 15.9 Å². The minimum absolute atomic E-state index is 0.690. The first-order chi connectivity index (χ1) is 7.34. The molecule has 1 atom stereocenters. The van der Waals surface area contributed by atoms with Crippen LogP contribution in [0.2, 0.25) is 0 Å². The molecule has 2 aliphatic rings. The Balaban J connectivity index is 1.85. The van der Waals surface area contributed by atoms with E-state index in [9.17, 15) is 0 Å². The van der Waals surface area contributed by atoms with Gasteiger partial charge in [-0.05, 0) is 49.9 Å². The minimum atomic E-state index is 0.690. The van der Waals surface area contributed by atoms with E-state index in [1.54, 1.807) is 0 Å². The Morgan fingerprint density at radius 3 is 2.80 bits per heavy atom. The lowest BCUT2D eigenvalue weighted by Crippen LogP contribution is -2.25. The first-order valence-corrected chi connectivity index (χ1v) is 6.65. The van der Waals surface area contributed by atoms with Gasteiger partial charge in [-0.15, -0.1) is 0 Å². The van der Waals surface area contributed by atoms with Crippen molar-refractivity contribution in [3.8, 4) is 0 Å². The molecule has 1 nitrogen and oxygen atoms in total. The number of hydrogen-bond donors (Lipinski definition) is 0. The van der Waals surface area contributed by atoms with Crippen molar-refractivity contribution in [3.63, 3.8) is 0 Å². The molecule has 1 aliphatic heterocycles. The maximum atomic E-state index is 3.56. The SMILES string of the molecule is Brc1cccc(C2CCCN2C2CC2)c1. The van der Waals surface area contributed by atoms with Gasteiger partial charge in [-0.25, -0.2) is 0 Å². The predicted octanol–water partition coefficient (Wildman–Crippen LogP) is 3.75. The molecule has 15 heavy (non-hydrogen) atoms. The second-order valence-electron chi connectivity index (χ2n) is 4.68. The minimum Gasteiger partial charge on any atom is -0.293 e. The molecule has 1 unspecified atom stereocenters. The van der Waals surface area contributed by atoms with E-state index < -0.39 is 0 Å². The normalized spacial score (nSPS) is 27.1. The quantitative estimate of drug-likeness (QED) is 0.788. The summed E-state index contributed by atoms with van der Waals surface area (Å²) in [6.45, 7) is 1.31.